The summed E-state index contributed by atoms with van der Waals surface area (Å²) in [6, 6.07) is 2.38. The SMILES string of the molecule is COc1cc(F)c(C(=O)NCCCCCC(=O)O)cc1OC. The number of carbonyl (C=O) groups excluding carboxylic acids is 1. The molecule has 0 aromatic heterocycles. The van der Waals surface area contributed by atoms with Gasteiger partial charge in [-0.3, -0.25) is 9.59 Å². The molecule has 1 rings (SSSR count). The summed E-state index contributed by atoms with van der Waals surface area (Å²) >= 11 is 0. The van der Waals surface area contributed by atoms with Gasteiger partial charge in [0.1, 0.15) is 5.82 Å². The van der Waals surface area contributed by atoms with Crippen LogP contribution < -0.4 is 14.8 Å². The largest absolute Gasteiger partial charge is 0.493 e. The van der Waals surface area contributed by atoms with Gasteiger partial charge in [-0.05, 0) is 18.9 Å². The minimum atomic E-state index is -0.837. The second-order valence-electron chi connectivity index (χ2n) is 4.65. The molecule has 0 unspecified atom stereocenters. The van der Waals surface area contributed by atoms with Crippen LogP contribution in [0.25, 0.3) is 0 Å². The molecule has 1 aromatic carbocycles. The van der Waals surface area contributed by atoms with Crippen LogP contribution in [-0.2, 0) is 4.79 Å². The van der Waals surface area contributed by atoms with Crippen molar-refractivity contribution in [1.82, 2.24) is 5.32 Å². The number of carboxylic acid groups (broad SMARTS) is 1. The number of carboxylic acids is 1. The van der Waals surface area contributed by atoms with Gasteiger partial charge in [0.05, 0.1) is 19.8 Å². The maximum Gasteiger partial charge on any atom is 0.303 e. The van der Waals surface area contributed by atoms with Crippen LogP contribution in [0.2, 0.25) is 0 Å². The van der Waals surface area contributed by atoms with Crippen molar-refractivity contribution < 1.29 is 28.6 Å². The Morgan fingerprint density at radius 1 is 1.14 bits per heavy atom. The van der Waals surface area contributed by atoms with Gasteiger partial charge in [-0.2, -0.15) is 0 Å². The minimum absolute atomic E-state index is 0.109. The summed E-state index contributed by atoms with van der Waals surface area (Å²) in [4.78, 5) is 22.3. The third-order valence-corrected chi connectivity index (χ3v) is 3.07. The van der Waals surface area contributed by atoms with Gasteiger partial charge < -0.3 is 19.9 Å². The van der Waals surface area contributed by atoms with Gasteiger partial charge in [0.25, 0.3) is 5.91 Å². The fourth-order valence-corrected chi connectivity index (χ4v) is 1.90. The second-order valence-corrected chi connectivity index (χ2v) is 4.65. The lowest BCUT2D eigenvalue weighted by molar-refractivity contribution is -0.137. The molecule has 7 heteroatoms. The molecular formula is C15H20FNO5. The molecule has 0 fully saturated rings. The Labute approximate surface area is 128 Å². The van der Waals surface area contributed by atoms with Crippen LogP contribution in [0.15, 0.2) is 12.1 Å². The van der Waals surface area contributed by atoms with Gasteiger partial charge in [-0.25, -0.2) is 4.39 Å². The van der Waals surface area contributed by atoms with Crippen molar-refractivity contribution in [1.29, 1.82) is 0 Å². The number of aliphatic carboxylic acids is 1. The van der Waals surface area contributed by atoms with Crippen LogP contribution >= 0.6 is 0 Å². The number of unbranched alkanes of at least 4 members (excludes halogenated alkanes) is 2. The van der Waals surface area contributed by atoms with Crippen molar-refractivity contribution in [2.45, 2.75) is 25.7 Å². The lowest BCUT2D eigenvalue weighted by Gasteiger charge is -2.11. The molecule has 0 atom stereocenters. The number of nitrogens with one attached hydrogen (secondary N) is 1. The molecule has 0 heterocycles. The molecule has 1 amide bonds. The first-order valence-corrected chi connectivity index (χ1v) is 6.91. The van der Waals surface area contributed by atoms with Crippen LogP contribution in [-0.4, -0.2) is 37.7 Å². The van der Waals surface area contributed by atoms with E-state index >= 15 is 0 Å². The lowest BCUT2D eigenvalue weighted by atomic mass is 10.1. The van der Waals surface area contributed by atoms with E-state index in [2.05, 4.69) is 5.32 Å². The predicted molar refractivity (Wildman–Crippen MR) is 77.9 cm³/mol. The number of hydrogen-bond donors (Lipinski definition) is 2. The molecule has 0 aliphatic heterocycles. The first-order valence-electron chi connectivity index (χ1n) is 6.91. The zero-order valence-electron chi connectivity index (χ0n) is 12.6. The molecule has 0 aliphatic carbocycles. The van der Waals surface area contributed by atoms with Crippen LogP contribution in [0, 0.1) is 5.82 Å². The zero-order valence-corrected chi connectivity index (χ0v) is 12.6. The van der Waals surface area contributed by atoms with E-state index in [1.807, 2.05) is 0 Å². The summed E-state index contributed by atoms with van der Waals surface area (Å²) in [5.74, 6) is -1.59. The number of ether oxygens (including phenoxy) is 2. The quantitative estimate of drug-likeness (QED) is 0.683. The summed E-state index contributed by atoms with van der Waals surface area (Å²) in [6.07, 6.45) is 1.98. The van der Waals surface area contributed by atoms with Crippen molar-refractivity contribution in [2.75, 3.05) is 20.8 Å². The zero-order chi connectivity index (χ0) is 16.5. The number of halogens is 1. The molecule has 0 saturated heterocycles. The molecule has 0 aliphatic rings. The first kappa shape index (κ1) is 17.7. The molecule has 1 aromatic rings. The van der Waals surface area contributed by atoms with Crippen LogP contribution in [0.4, 0.5) is 4.39 Å². The van der Waals surface area contributed by atoms with Gasteiger partial charge in [0, 0.05) is 19.0 Å². The average molecular weight is 313 g/mol. The van der Waals surface area contributed by atoms with Crippen molar-refractivity contribution in [2.24, 2.45) is 0 Å². The van der Waals surface area contributed by atoms with Crippen molar-refractivity contribution in [3.05, 3.63) is 23.5 Å². The third-order valence-electron chi connectivity index (χ3n) is 3.07. The minimum Gasteiger partial charge on any atom is -0.493 e. The topological polar surface area (TPSA) is 84.9 Å². The number of amides is 1. The van der Waals surface area contributed by atoms with E-state index in [9.17, 15) is 14.0 Å². The van der Waals surface area contributed by atoms with E-state index in [0.717, 1.165) is 6.07 Å². The Balaban J connectivity index is 2.53. The standard InChI is InChI=1S/C15H20FNO5/c1-21-12-8-10(11(16)9-13(12)22-2)15(20)17-7-5-3-4-6-14(18)19/h8-9H,3-7H2,1-2H3,(H,17,20)(H,18,19). The number of carbonyl (C=O) groups is 2. The maximum absolute atomic E-state index is 13.9. The normalized spacial score (nSPS) is 10.1. The lowest BCUT2D eigenvalue weighted by Crippen LogP contribution is -2.25. The summed E-state index contributed by atoms with van der Waals surface area (Å²) < 4.78 is 23.8. The molecule has 0 saturated carbocycles. The Morgan fingerprint density at radius 2 is 1.77 bits per heavy atom. The highest BCUT2D eigenvalue weighted by molar-refractivity contribution is 5.95. The average Bonchev–Trinajstić information content (AvgIpc) is 2.49. The number of rotatable bonds is 9. The second kappa shape index (κ2) is 8.86. The highest BCUT2D eigenvalue weighted by Gasteiger charge is 2.16. The van der Waals surface area contributed by atoms with Crippen molar-refractivity contribution in [3.8, 4) is 11.5 Å². The Kier molecular flexibility index (Phi) is 7.15. The smallest absolute Gasteiger partial charge is 0.303 e. The number of methoxy groups -OCH3 is 2. The Bertz CT molecular complexity index is 533. The highest BCUT2D eigenvalue weighted by atomic mass is 19.1. The van der Waals surface area contributed by atoms with E-state index in [-0.39, 0.29) is 23.5 Å². The van der Waals surface area contributed by atoms with Gasteiger partial charge in [0.15, 0.2) is 11.5 Å². The van der Waals surface area contributed by atoms with E-state index in [4.69, 9.17) is 14.6 Å². The van der Waals surface area contributed by atoms with Crippen LogP contribution in [0.1, 0.15) is 36.0 Å². The maximum atomic E-state index is 13.9. The van der Waals surface area contributed by atoms with Crippen LogP contribution in [0.3, 0.4) is 0 Å². The summed E-state index contributed by atoms with van der Waals surface area (Å²) in [6.45, 7) is 0.353. The molecule has 6 nitrogen and oxygen atoms in total. The first-order chi connectivity index (χ1) is 10.5. The van der Waals surface area contributed by atoms with E-state index in [0.29, 0.717) is 25.8 Å². The van der Waals surface area contributed by atoms with Gasteiger partial charge in [0.2, 0.25) is 0 Å². The monoisotopic (exact) mass is 313 g/mol. The highest BCUT2D eigenvalue weighted by Crippen LogP contribution is 2.29. The molecule has 0 bridgehead atoms. The van der Waals surface area contributed by atoms with E-state index in [1.165, 1.54) is 20.3 Å². The van der Waals surface area contributed by atoms with Crippen LogP contribution in [0.5, 0.6) is 11.5 Å². The fourth-order valence-electron chi connectivity index (χ4n) is 1.90. The van der Waals surface area contributed by atoms with E-state index < -0.39 is 17.7 Å². The fraction of sp³-hybridized carbons (Fsp3) is 0.467. The molecule has 122 valence electrons. The third kappa shape index (κ3) is 5.23. The van der Waals surface area contributed by atoms with Gasteiger partial charge in [-0.1, -0.05) is 6.42 Å². The summed E-state index contributed by atoms with van der Waals surface area (Å²) in [7, 11) is 2.79. The summed E-state index contributed by atoms with van der Waals surface area (Å²) in [5.41, 5.74) is -0.122. The predicted octanol–water partition coefficient (Wildman–Crippen LogP) is 2.22. The molecule has 22 heavy (non-hydrogen) atoms. The molecular weight excluding hydrogens is 293 g/mol. The van der Waals surface area contributed by atoms with Gasteiger partial charge >= 0.3 is 5.97 Å². The number of hydrogen-bond acceptors (Lipinski definition) is 4. The molecule has 0 spiro atoms. The van der Waals surface area contributed by atoms with Gasteiger partial charge in [-0.15, -0.1) is 0 Å². The molecule has 2 N–H and O–H groups in total. The summed E-state index contributed by atoms with van der Waals surface area (Å²) in [5, 5.41) is 11.1. The number of benzene rings is 1. The molecule has 0 radical (unpaired) electrons. The van der Waals surface area contributed by atoms with Crippen molar-refractivity contribution in [3.63, 3.8) is 0 Å². The van der Waals surface area contributed by atoms with E-state index in [1.54, 1.807) is 0 Å². The Morgan fingerprint density at radius 3 is 2.36 bits per heavy atom. The van der Waals surface area contributed by atoms with Crippen molar-refractivity contribution >= 4 is 11.9 Å². The Hall–Kier alpha value is -2.31.